The average molecular weight is 189 g/mol. The zero-order chi connectivity index (χ0) is 7.94. The molecule has 1 aromatic heterocycles. The second-order valence-corrected chi connectivity index (χ2v) is 2.22. The predicted octanol–water partition coefficient (Wildman–Crippen LogP) is 0.585. The van der Waals surface area contributed by atoms with Gasteiger partial charge >= 0.3 is 0 Å². The van der Waals surface area contributed by atoms with Crippen molar-refractivity contribution in [3.63, 3.8) is 0 Å². The number of aliphatic hydroxyl groups excluding tert-OH is 1. The zero-order valence-corrected chi connectivity index (χ0v) is 7.55. The van der Waals surface area contributed by atoms with Crippen LogP contribution >= 0.6 is 12.4 Å². The molecule has 0 aromatic carbocycles. The summed E-state index contributed by atoms with van der Waals surface area (Å²) in [7, 11) is 0. The third-order valence-corrected chi connectivity index (χ3v) is 1.32. The molecule has 0 radical (unpaired) electrons. The molecule has 2 N–H and O–H groups in total. The molecule has 0 spiro atoms. The second-order valence-electron chi connectivity index (χ2n) is 2.22. The zero-order valence-electron chi connectivity index (χ0n) is 6.73. The predicted molar refractivity (Wildman–Crippen MR) is 50.3 cm³/mol. The Bertz CT molecular complexity index is 194. The molecule has 68 valence electrons. The first-order valence-electron chi connectivity index (χ1n) is 3.65. The molecule has 0 bridgehead atoms. The quantitative estimate of drug-likeness (QED) is 0.680. The minimum Gasteiger partial charge on any atom is -0.395 e. The van der Waals surface area contributed by atoms with Crippen LogP contribution in [0, 0.1) is 0 Å². The molecule has 4 heteroatoms. The van der Waals surface area contributed by atoms with E-state index < -0.39 is 0 Å². The van der Waals surface area contributed by atoms with E-state index in [4.69, 9.17) is 5.11 Å². The maximum atomic E-state index is 8.46. The van der Waals surface area contributed by atoms with Gasteiger partial charge in [-0.2, -0.15) is 0 Å². The smallest absolute Gasteiger partial charge is 0.0556 e. The average Bonchev–Trinajstić information content (AvgIpc) is 2.07. The minimum absolute atomic E-state index is 0. The highest BCUT2D eigenvalue weighted by atomic mass is 35.5. The third-order valence-electron chi connectivity index (χ3n) is 1.32. The second kappa shape index (κ2) is 7.03. The van der Waals surface area contributed by atoms with Crippen molar-refractivity contribution in [2.75, 3.05) is 13.2 Å². The molecule has 0 unspecified atom stereocenters. The van der Waals surface area contributed by atoms with Crippen LogP contribution in [-0.2, 0) is 6.54 Å². The van der Waals surface area contributed by atoms with Crippen molar-refractivity contribution >= 4 is 12.4 Å². The molecule has 12 heavy (non-hydrogen) atoms. The van der Waals surface area contributed by atoms with Crippen LogP contribution in [0.4, 0.5) is 0 Å². The van der Waals surface area contributed by atoms with E-state index in [1.54, 1.807) is 6.20 Å². The SMILES string of the molecule is Cl.OCCNCc1ccccn1. The van der Waals surface area contributed by atoms with Gasteiger partial charge in [-0.3, -0.25) is 4.98 Å². The van der Waals surface area contributed by atoms with Gasteiger partial charge in [-0.15, -0.1) is 12.4 Å². The third kappa shape index (κ3) is 4.28. The van der Waals surface area contributed by atoms with Crippen LogP contribution in [0.25, 0.3) is 0 Å². The van der Waals surface area contributed by atoms with Gasteiger partial charge < -0.3 is 10.4 Å². The van der Waals surface area contributed by atoms with Crippen LogP contribution in [0.1, 0.15) is 5.69 Å². The number of aromatic nitrogens is 1. The molecule has 0 fully saturated rings. The number of hydrogen-bond acceptors (Lipinski definition) is 3. The number of halogens is 1. The first kappa shape index (κ1) is 11.4. The normalized spacial score (nSPS) is 9.08. The Kier molecular flexibility index (Phi) is 6.66. The van der Waals surface area contributed by atoms with Crippen molar-refractivity contribution in [3.8, 4) is 0 Å². The Hall–Kier alpha value is -0.640. The Labute approximate surface area is 78.2 Å². The van der Waals surface area contributed by atoms with E-state index >= 15 is 0 Å². The molecule has 0 amide bonds. The molecular formula is C8H13ClN2O. The van der Waals surface area contributed by atoms with Crippen LogP contribution in [0.15, 0.2) is 24.4 Å². The first-order chi connectivity index (χ1) is 5.43. The fourth-order valence-corrected chi connectivity index (χ4v) is 0.798. The molecule has 1 rings (SSSR count). The lowest BCUT2D eigenvalue weighted by Gasteiger charge is -2.00. The van der Waals surface area contributed by atoms with E-state index in [-0.39, 0.29) is 19.0 Å². The van der Waals surface area contributed by atoms with Crippen LogP contribution < -0.4 is 5.32 Å². The van der Waals surface area contributed by atoms with Gasteiger partial charge in [0.05, 0.1) is 12.3 Å². The number of aliphatic hydroxyl groups is 1. The minimum atomic E-state index is 0. The van der Waals surface area contributed by atoms with Gasteiger partial charge in [0, 0.05) is 19.3 Å². The summed E-state index contributed by atoms with van der Waals surface area (Å²) in [4.78, 5) is 4.11. The van der Waals surface area contributed by atoms with E-state index in [0.29, 0.717) is 6.54 Å². The molecule has 1 aromatic rings. The van der Waals surface area contributed by atoms with Crippen molar-refractivity contribution in [1.29, 1.82) is 0 Å². The number of hydrogen-bond donors (Lipinski definition) is 2. The fraction of sp³-hybridized carbons (Fsp3) is 0.375. The van der Waals surface area contributed by atoms with Crippen LogP contribution in [-0.4, -0.2) is 23.2 Å². The van der Waals surface area contributed by atoms with Gasteiger partial charge in [0.25, 0.3) is 0 Å². The molecule has 0 aliphatic rings. The number of rotatable bonds is 4. The lowest BCUT2D eigenvalue weighted by molar-refractivity contribution is 0.291. The van der Waals surface area contributed by atoms with Crippen molar-refractivity contribution in [3.05, 3.63) is 30.1 Å². The largest absolute Gasteiger partial charge is 0.395 e. The number of pyridine rings is 1. The molecule has 0 aliphatic heterocycles. The van der Waals surface area contributed by atoms with Crippen molar-refractivity contribution in [1.82, 2.24) is 10.3 Å². The van der Waals surface area contributed by atoms with Crippen LogP contribution in [0.2, 0.25) is 0 Å². The maximum absolute atomic E-state index is 8.46. The Morgan fingerprint density at radius 2 is 2.25 bits per heavy atom. The topological polar surface area (TPSA) is 45.1 Å². The Morgan fingerprint density at radius 3 is 2.83 bits per heavy atom. The summed E-state index contributed by atoms with van der Waals surface area (Å²) in [5.41, 5.74) is 1.00. The Morgan fingerprint density at radius 1 is 1.42 bits per heavy atom. The summed E-state index contributed by atoms with van der Waals surface area (Å²) in [6, 6.07) is 5.78. The lowest BCUT2D eigenvalue weighted by Crippen LogP contribution is -2.17. The molecule has 0 aliphatic carbocycles. The van der Waals surface area contributed by atoms with E-state index in [2.05, 4.69) is 10.3 Å². The van der Waals surface area contributed by atoms with Gasteiger partial charge in [0.1, 0.15) is 0 Å². The van der Waals surface area contributed by atoms with Gasteiger partial charge in [-0.1, -0.05) is 6.07 Å². The van der Waals surface area contributed by atoms with Gasteiger partial charge in [-0.25, -0.2) is 0 Å². The molecule has 3 nitrogen and oxygen atoms in total. The van der Waals surface area contributed by atoms with Crippen LogP contribution in [0.5, 0.6) is 0 Å². The first-order valence-corrected chi connectivity index (χ1v) is 3.65. The van der Waals surface area contributed by atoms with Crippen molar-refractivity contribution in [2.24, 2.45) is 0 Å². The van der Waals surface area contributed by atoms with Gasteiger partial charge in [-0.05, 0) is 12.1 Å². The van der Waals surface area contributed by atoms with Crippen molar-refractivity contribution in [2.45, 2.75) is 6.54 Å². The molecule has 0 saturated carbocycles. The summed E-state index contributed by atoms with van der Waals surface area (Å²) in [5, 5.41) is 11.5. The fourth-order valence-electron chi connectivity index (χ4n) is 0.798. The maximum Gasteiger partial charge on any atom is 0.0556 e. The summed E-state index contributed by atoms with van der Waals surface area (Å²) < 4.78 is 0. The standard InChI is InChI=1S/C8H12N2O.ClH/c11-6-5-9-7-8-3-1-2-4-10-8;/h1-4,9,11H,5-7H2;1H. The number of nitrogens with zero attached hydrogens (tertiary/aromatic N) is 1. The summed E-state index contributed by atoms with van der Waals surface area (Å²) in [5.74, 6) is 0. The Balaban J connectivity index is 0.00000121. The van der Waals surface area contributed by atoms with Gasteiger partial charge in [0.15, 0.2) is 0 Å². The van der Waals surface area contributed by atoms with E-state index in [1.165, 1.54) is 0 Å². The van der Waals surface area contributed by atoms with E-state index in [0.717, 1.165) is 12.2 Å². The summed E-state index contributed by atoms with van der Waals surface area (Å²) >= 11 is 0. The van der Waals surface area contributed by atoms with Crippen LogP contribution in [0.3, 0.4) is 0 Å². The molecular weight excluding hydrogens is 176 g/mol. The van der Waals surface area contributed by atoms with E-state index in [1.807, 2.05) is 18.2 Å². The lowest BCUT2D eigenvalue weighted by atomic mass is 10.3. The molecule has 0 atom stereocenters. The highest BCUT2D eigenvalue weighted by molar-refractivity contribution is 5.85. The highest BCUT2D eigenvalue weighted by Crippen LogP contribution is 1.90. The molecule has 1 heterocycles. The summed E-state index contributed by atoms with van der Waals surface area (Å²) in [6.07, 6.45) is 1.76. The highest BCUT2D eigenvalue weighted by Gasteiger charge is 1.89. The van der Waals surface area contributed by atoms with Gasteiger partial charge in [0.2, 0.25) is 0 Å². The molecule has 0 saturated heterocycles. The number of nitrogens with one attached hydrogen (secondary N) is 1. The van der Waals surface area contributed by atoms with E-state index in [9.17, 15) is 0 Å². The summed E-state index contributed by atoms with van der Waals surface area (Å²) in [6.45, 7) is 1.52. The monoisotopic (exact) mass is 188 g/mol. The van der Waals surface area contributed by atoms with Crippen molar-refractivity contribution < 1.29 is 5.11 Å².